The number of cyclic esters (lactones) is 1. The summed E-state index contributed by atoms with van der Waals surface area (Å²) in [4.78, 5) is 38.3. The summed E-state index contributed by atoms with van der Waals surface area (Å²) in [5.74, 6) is -3.47. The Labute approximate surface area is 193 Å². The number of rotatable bonds is 5. The highest BCUT2D eigenvalue weighted by Crippen LogP contribution is 2.48. The van der Waals surface area contributed by atoms with Gasteiger partial charge in [0.1, 0.15) is 23.4 Å². The number of halogens is 1. The molecular weight excluding hydrogens is 432 g/mol. The van der Waals surface area contributed by atoms with E-state index in [0.29, 0.717) is 22.8 Å². The molecule has 32 heavy (non-hydrogen) atoms. The van der Waals surface area contributed by atoms with Crippen LogP contribution in [0.3, 0.4) is 0 Å². The number of carbonyl (C=O) groups excluding carboxylic acids is 3. The minimum Gasteiger partial charge on any atom is -0.465 e. The van der Waals surface area contributed by atoms with E-state index in [-0.39, 0.29) is 17.2 Å². The second-order valence-corrected chi connectivity index (χ2v) is 9.32. The van der Waals surface area contributed by atoms with E-state index in [4.69, 9.17) is 21.1 Å². The van der Waals surface area contributed by atoms with E-state index in [0.717, 1.165) is 12.0 Å². The fourth-order valence-electron chi connectivity index (χ4n) is 4.28. The third-order valence-electron chi connectivity index (χ3n) is 6.20. The number of ether oxygens (including phenoxy) is 2. The SMILES string of the molecule is CC[C@H](C)/C=C(C)/C=C/C1=CC2=C(Cl)C(=O)[C@@](C)(O)[C@@H]([C@@H]3C(=O)C[C@H](C)OC3=O)C2=CO1. The number of Topliss-reactive ketones (excluding diaryl/α,β-unsaturated/α-hetero) is 2. The fourth-order valence-corrected chi connectivity index (χ4v) is 4.63. The summed E-state index contributed by atoms with van der Waals surface area (Å²) in [7, 11) is 0. The summed E-state index contributed by atoms with van der Waals surface area (Å²) in [6.45, 7) is 9.12. The molecule has 0 aromatic rings. The first kappa shape index (κ1) is 24.2. The van der Waals surface area contributed by atoms with Gasteiger partial charge in [0.15, 0.2) is 5.78 Å². The van der Waals surface area contributed by atoms with Gasteiger partial charge in [0.25, 0.3) is 0 Å². The van der Waals surface area contributed by atoms with Gasteiger partial charge in [-0.2, -0.15) is 0 Å². The Morgan fingerprint density at radius 1 is 1.38 bits per heavy atom. The maximum Gasteiger partial charge on any atom is 0.317 e. The van der Waals surface area contributed by atoms with Crippen molar-refractivity contribution in [1.82, 2.24) is 0 Å². The van der Waals surface area contributed by atoms with Crippen molar-refractivity contribution in [3.05, 3.63) is 58.1 Å². The van der Waals surface area contributed by atoms with Gasteiger partial charge in [-0.1, -0.05) is 49.6 Å². The molecular formula is C25H29ClO6. The zero-order chi connectivity index (χ0) is 23.8. The largest absolute Gasteiger partial charge is 0.465 e. The summed E-state index contributed by atoms with van der Waals surface area (Å²) < 4.78 is 11.0. The van der Waals surface area contributed by atoms with Crippen molar-refractivity contribution in [3.63, 3.8) is 0 Å². The lowest BCUT2D eigenvalue weighted by Gasteiger charge is -2.42. The number of ketones is 2. The third-order valence-corrected chi connectivity index (χ3v) is 6.57. The highest BCUT2D eigenvalue weighted by molar-refractivity contribution is 6.45. The highest BCUT2D eigenvalue weighted by atomic mass is 35.5. The number of allylic oxidation sites excluding steroid dienone is 6. The van der Waals surface area contributed by atoms with Crippen molar-refractivity contribution in [1.29, 1.82) is 0 Å². The molecule has 0 saturated carbocycles. The van der Waals surface area contributed by atoms with Crippen LogP contribution in [0, 0.1) is 17.8 Å². The molecule has 1 aliphatic carbocycles. The Kier molecular flexibility index (Phi) is 6.96. The molecule has 0 bridgehead atoms. The van der Waals surface area contributed by atoms with Gasteiger partial charge in [0.05, 0.1) is 11.3 Å². The van der Waals surface area contributed by atoms with E-state index in [9.17, 15) is 19.5 Å². The van der Waals surface area contributed by atoms with Crippen LogP contribution in [0.4, 0.5) is 0 Å². The van der Waals surface area contributed by atoms with Crippen LogP contribution >= 0.6 is 11.6 Å². The summed E-state index contributed by atoms with van der Waals surface area (Å²) >= 11 is 6.33. The van der Waals surface area contributed by atoms with E-state index in [2.05, 4.69) is 19.9 Å². The summed E-state index contributed by atoms with van der Waals surface area (Å²) in [5.41, 5.74) is -0.341. The van der Waals surface area contributed by atoms with Gasteiger partial charge in [-0.05, 0) is 38.8 Å². The first-order valence-corrected chi connectivity index (χ1v) is 11.2. The number of hydrogen-bond acceptors (Lipinski definition) is 6. The maximum absolute atomic E-state index is 12.9. The quantitative estimate of drug-likeness (QED) is 0.374. The van der Waals surface area contributed by atoms with E-state index < -0.39 is 35.3 Å². The molecule has 0 spiro atoms. The van der Waals surface area contributed by atoms with Gasteiger partial charge in [-0.25, -0.2) is 0 Å². The van der Waals surface area contributed by atoms with Crippen LogP contribution < -0.4 is 0 Å². The molecule has 0 radical (unpaired) electrons. The molecule has 1 fully saturated rings. The lowest BCUT2D eigenvalue weighted by atomic mass is 9.65. The third kappa shape index (κ3) is 4.52. The zero-order valence-electron chi connectivity index (χ0n) is 19.0. The van der Waals surface area contributed by atoms with Crippen LogP contribution in [0.25, 0.3) is 0 Å². The normalized spacial score (nSPS) is 32.3. The molecule has 7 heteroatoms. The van der Waals surface area contributed by atoms with Crippen LogP contribution in [0.1, 0.15) is 47.5 Å². The molecule has 0 unspecified atom stereocenters. The lowest BCUT2D eigenvalue weighted by molar-refractivity contribution is -0.170. The number of aliphatic hydroxyl groups is 1. The summed E-state index contributed by atoms with van der Waals surface area (Å²) in [6, 6.07) is 0. The van der Waals surface area contributed by atoms with Crippen LogP contribution in [0.5, 0.6) is 0 Å². The van der Waals surface area contributed by atoms with Crippen LogP contribution in [-0.4, -0.2) is 34.3 Å². The fraction of sp³-hybridized carbons (Fsp3) is 0.480. The Hall–Kier alpha value is -2.44. The zero-order valence-corrected chi connectivity index (χ0v) is 19.7. The summed E-state index contributed by atoms with van der Waals surface area (Å²) in [5, 5.41) is 10.9. The van der Waals surface area contributed by atoms with Gasteiger partial charge in [-0.15, -0.1) is 0 Å². The van der Waals surface area contributed by atoms with Crippen molar-refractivity contribution < 1.29 is 29.0 Å². The second kappa shape index (κ2) is 9.20. The highest BCUT2D eigenvalue weighted by Gasteiger charge is 2.57. The topological polar surface area (TPSA) is 89.9 Å². The Bertz CT molecular complexity index is 976. The number of carbonyl (C=O) groups is 3. The molecule has 2 heterocycles. The van der Waals surface area contributed by atoms with E-state index in [1.54, 1.807) is 19.1 Å². The molecule has 2 aliphatic heterocycles. The average Bonchev–Trinajstić information content (AvgIpc) is 2.72. The molecule has 1 N–H and O–H groups in total. The minimum absolute atomic E-state index is 0.0176. The lowest BCUT2D eigenvalue weighted by Crippen LogP contribution is -2.55. The first-order chi connectivity index (χ1) is 15.0. The van der Waals surface area contributed by atoms with E-state index in [1.165, 1.54) is 13.2 Å². The smallest absolute Gasteiger partial charge is 0.317 e. The summed E-state index contributed by atoms with van der Waals surface area (Å²) in [6.07, 6.45) is 9.24. The van der Waals surface area contributed by atoms with Gasteiger partial charge < -0.3 is 14.6 Å². The van der Waals surface area contributed by atoms with Gasteiger partial charge in [-0.3, -0.25) is 14.4 Å². The molecule has 172 valence electrons. The van der Waals surface area contributed by atoms with Crippen molar-refractivity contribution in [2.75, 3.05) is 0 Å². The maximum atomic E-state index is 12.9. The monoisotopic (exact) mass is 460 g/mol. The van der Waals surface area contributed by atoms with Crippen molar-refractivity contribution in [2.45, 2.75) is 59.2 Å². The molecule has 3 rings (SSSR count). The number of fused-ring (bicyclic) bond motifs is 1. The van der Waals surface area contributed by atoms with E-state index in [1.807, 2.05) is 13.0 Å². The van der Waals surface area contributed by atoms with Gasteiger partial charge in [0.2, 0.25) is 5.78 Å². The predicted octanol–water partition coefficient (Wildman–Crippen LogP) is 4.30. The molecule has 5 atom stereocenters. The van der Waals surface area contributed by atoms with Crippen molar-refractivity contribution in [3.8, 4) is 0 Å². The Morgan fingerprint density at radius 3 is 2.69 bits per heavy atom. The Balaban J connectivity index is 1.99. The van der Waals surface area contributed by atoms with Crippen molar-refractivity contribution >= 4 is 29.1 Å². The Morgan fingerprint density at radius 2 is 2.06 bits per heavy atom. The predicted molar refractivity (Wildman–Crippen MR) is 120 cm³/mol. The molecule has 0 aromatic heterocycles. The van der Waals surface area contributed by atoms with Gasteiger partial charge >= 0.3 is 5.97 Å². The van der Waals surface area contributed by atoms with Crippen LogP contribution in [0.2, 0.25) is 0 Å². The first-order valence-electron chi connectivity index (χ1n) is 10.8. The molecule has 6 nitrogen and oxygen atoms in total. The van der Waals surface area contributed by atoms with Crippen LogP contribution in [-0.2, 0) is 23.9 Å². The van der Waals surface area contributed by atoms with Crippen LogP contribution in [0.15, 0.2) is 58.1 Å². The molecule has 0 aromatic carbocycles. The standard InChI is InChI=1S/C25H29ClO6/c1-6-13(2)9-14(3)7-8-16-11-17-18(12-31-16)21(25(5,30)23(28)22(17)26)20-19(27)10-15(4)32-24(20)29/h7-9,11-13,15,20-21,30H,6,10H2,1-5H3/b8-7+,14-9+/t13-,15-,20-,21+,25-/m0/s1. The van der Waals surface area contributed by atoms with Gasteiger partial charge in [0, 0.05) is 23.5 Å². The minimum atomic E-state index is -2.06. The molecule has 3 aliphatic rings. The van der Waals surface area contributed by atoms with E-state index >= 15 is 0 Å². The molecule has 1 saturated heterocycles. The second-order valence-electron chi connectivity index (χ2n) is 8.94. The molecule has 0 amide bonds. The van der Waals surface area contributed by atoms with Crippen molar-refractivity contribution in [2.24, 2.45) is 17.8 Å². The number of esters is 1. The number of hydrogen-bond donors (Lipinski definition) is 1. The average molecular weight is 461 g/mol.